The van der Waals surface area contributed by atoms with Crippen LogP contribution in [0.15, 0.2) is 29.2 Å². The van der Waals surface area contributed by atoms with Crippen LogP contribution in [0.1, 0.15) is 26.7 Å². The van der Waals surface area contributed by atoms with Crippen molar-refractivity contribution < 1.29 is 8.42 Å². The molecule has 0 amide bonds. The fraction of sp³-hybridized carbons (Fsp3) is 0.571. The Labute approximate surface area is 126 Å². The summed E-state index contributed by atoms with van der Waals surface area (Å²) in [6.45, 7) is 4.47. The quantitative estimate of drug-likeness (QED) is 0.735. The number of thioether (sulfide) groups is 1. The van der Waals surface area contributed by atoms with E-state index in [1.54, 1.807) is 23.9 Å². The molecule has 0 aliphatic heterocycles. The Morgan fingerprint density at radius 1 is 1.30 bits per heavy atom. The SMILES string of the molecule is CCCNS(=O)(=O)c1ccccc1NC(C)CCSC. The van der Waals surface area contributed by atoms with Crippen LogP contribution in [0, 0.1) is 0 Å². The number of hydrogen-bond acceptors (Lipinski definition) is 4. The molecule has 0 aliphatic carbocycles. The maximum Gasteiger partial charge on any atom is 0.242 e. The molecule has 0 spiro atoms. The molecule has 0 aromatic heterocycles. The van der Waals surface area contributed by atoms with Crippen molar-refractivity contribution in [3.05, 3.63) is 24.3 Å². The first-order valence-electron chi connectivity index (χ1n) is 6.85. The van der Waals surface area contributed by atoms with Crippen molar-refractivity contribution in [3.8, 4) is 0 Å². The molecule has 1 atom stereocenters. The van der Waals surface area contributed by atoms with Crippen LogP contribution in [0.4, 0.5) is 5.69 Å². The summed E-state index contributed by atoms with van der Waals surface area (Å²) in [7, 11) is -3.44. The van der Waals surface area contributed by atoms with Gasteiger partial charge in [-0.25, -0.2) is 13.1 Å². The molecule has 0 saturated carbocycles. The van der Waals surface area contributed by atoms with E-state index in [9.17, 15) is 8.42 Å². The second-order valence-corrected chi connectivity index (χ2v) is 7.44. The molecule has 0 saturated heterocycles. The minimum Gasteiger partial charge on any atom is -0.381 e. The van der Waals surface area contributed by atoms with Gasteiger partial charge < -0.3 is 5.32 Å². The monoisotopic (exact) mass is 316 g/mol. The third-order valence-electron chi connectivity index (χ3n) is 2.88. The third kappa shape index (κ3) is 5.34. The lowest BCUT2D eigenvalue weighted by Crippen LogP contribution is -2.26. The molecule has 20 heavy (non-hydrogen) atoms. The van der Waals surface area contributed by atoms with Crippen molar-refractivity contribution in [2.45, 2.75) is 37.6 Å². The molecule has 0 radical (unpaired) electrons. The molecule has 4 nitrogen and oxygen atoms in total. The molecule has 1 aromatic carbocycles. The van der Waals surface area contributed by atoms with Crippen molar-refractivity contribution >= 4 is 27.5 Å². The second-order valence-electron chi connectivity index (χ2n) is 4.72. The largest absolute Gasteiger partial charge is 0.381 e. The summed E-state index contributed by atoms with van der Waals surface area (Å²) >= 11 is 1.79. The average Bonchev–Trinajstić information content (AvgIpc) is 2.43. The van der Waals surface area contributed by atoms with Gasteiger partial charge in [0.2, 0.25) is 10.0 Å². The van der Waals surface area contributed by atoms with E-state index in [0.29, 0.717) is 17.1 Å². The van der Waals surface area contributed by atoms with Gasteiger partial charge in [0.15, 0.2) is 0 Å². The number of para-hydroxylation sites is 1. The summed E-state index contributed by atoms with van der Waals surface area (Å²) < 4.78 is 27.1. The van der Waals surface area contributed by atoms with Gasteiger partial charge in [-0.3, -0.25) is 0 Å². The number of benzene rings is 1. The van der Waals surface area contributed by atoms with E-state index in [-0.39, 0.29) is 6.04 Å². The van der Waals surface area contributed by atoms with E-state index < -0.39 is 10.0 Å². The Morgan fingerprint density at radius 3 is 2.65 bits per heavy atom. The Kier molecular flexibility index (Phi) is 7.40. The Bertz CT molecular complexity index is 504. The van der Waals surface area contributed by atoms with Crippen LogP contribution < -0.4 is 10.0 Å². The standard InChI is InChI=1S/C14H24N2O2S2/c1-4-10-15-20(17,18)14-8-6-5-7-13(14)16-12(2)9-11-19-3/h5-8,12,15-16H,4,9-11H2,1-3H3. The number of rotatable bonds is 9. The van der Waals surface area contributed by atoms with Crippen molar-refractivity contribution in [2.75, 3.05) is 23.9 Å². The highest BCUT2D eigenvalue weighted by Crippen LogP contribution is 2.22. The number of sulfonamides is 1. The van der Waals surface area contributed by atoms with Crippen LogP contribution in [-0.4, -0.2) is 33.0 Å². The Morgan fingerprint density at radius 2 is 2.00 bits per heavy atom. The molecule has 114 valence electrons. The molecule has 1 aromatic rings. The molecule has 2 N–H and O–H groups in total. The summed E-state index contributed by atoms with van der Waals surface area (Å²) in [6.07, 6.45) is 3.84. The first kappa shape index (κ1) is 17.3. The van der Waals surface area contributed by atoms with Crippen LogP contribution >= 0.6 is 11.8 Å². The van der Waals surface area contributed by atoms with Gasteiger partial charge in [0.05, 0.1) is 5.69 Å². The highest BCUT2D eigenvalue weighted by atomic mass is 32.2. The van der Waals surface area contributed by atoms with Gasteiger partial charge >= 0.3 is 0 Å². The van der Waals surface area contributed by atoms with Crippen molar-refractivity contribution in [2.24, 2.45) is 0 Å². The summed E-state index contributed by atoms with van der Waals surface area (Å²) in [5.41, 5.74) is 0.671. The molecule has 1 rings (SSSR count). The highest BCUT2D eigenvalue weighted by Gasteiger charge is 2.18. The maximum absolute atomic E-state index is 12.3. The van der Waals surface area contributed by atoms with E-state index >= 15 is 0 Å². The van der Waals surface area contributed by atoms with E-state index in [1.165, 1.54) is 0 Å². The van der Waals surface area contributed by atoms with E-state index in [0.717, 1.165) is 18.6 Å². The topological polar surface area (TPSA) is 58.2 Å². The lowest BCUT2D eigenvalue weighted by atomic mass is 10.2. The molecule has 0 aliphatic rings. The molecule has 0 bridgehead atoms. The second kappa shape index (κ2) is 8.54. The van der Waals surface area contributed by atoms with Gasteiger partial charge in [-0.15, -0.1) is 0 Å². The smallest absolute Gasteiger partial charge is 0.242 e. The molecule has 1 unspecified atom stereocenters. The average molecular weight is 316 g/mol. The van der Waals surface area contributed by atoms with Gasteiger partial charge in [-0.2, -0.15) is 11.8 Å². The predicted molar refractivity (Wildman–Crippen MR) is 88.0 cm³/mol. The van der Waals surface area contributed by atoms with E-state index in [4.69, 9.17) is 0 Å². The zero-order chi connectivity index (χ0) is 15.0. The summed E-state index contributed by atoms with van der Waals surface area (Å²) in [5, 5.41) is 3.30. The summed E-state index contributed by atoms with van der Waals surface area (Å²) in [6, 6.07) is 7.29. The lowest BCUT2D eigenvalue weighted by Gasteiger charge is -2.18. The van der Waals surface area contributed by atoms with Crippen molar-refractivity contribution in [3.63, 3.8) is 0 Å². The van der Waals surface area contributed by atoms with Crippen LogP contribution in [0.3, 0.4) is 0 Å². The molecule has 0 heterocycles. The fourth-order valence-electron chi connectivity index (χ4n) is 1.77. The van der Waals surface area contributed by atoms with Gasteiger partial charge in [0.1, 0.15) is 4.90 Å². The van der Waals surface area contributed by atoms with Crippen molar-refractivity contribution in [1.82, 2.24) is 4.72 Å². The minimum atomic E-state index is -3.44. The van der Waals surface area contributed by atoms with Gasteiger partial charge in [0.25, 0.3) is 0 Å². The highest BCUT2D eigenvalue weighted by molar-refractivity contribution is 7.98. The number of anilines is 1. The third-order valence-corrected chi connectivity index (χ3v) is 5.04. The number of hydrogen-bond donors (Lipinski definition) is 2. The minimum absolute atomic E-state index is 0.241. The first-order chi connectivity index (χ1) is 9.51. The van der Waals surface area contributed by atoms with Gasteiger partial charge in [0, 0.05) is 12.6 Å². The van der Waals surface area contributed by atoms with Crippen LogP contribution in [0.5, 0.6) is 0 Å². The van der Waals surface area contributed by atoms with Crippen molar-refractivity contribution in [1.29, 1.82) is 0 Å². The van der Waals surface area contributed by atoms with Crippen LogP contribution in [-0.2, 0) is 10.0 Å². The fourth-order valence-corrected chi connectivity index (χ4v) is 3.66. The molecular formula is C14H24N2O2S2. The predicted octanol–water partition coefficient (Wildman–Crippen LogP) is 2.93. The van der Waals surface area contributed by atoms with Gasteiger partial charge in [-0.1, -0.05) is 19.1 Å². The maximum atomic E-state index is 12.3. The Balaban J connectivity index is 2.88. The van der Waals surface area contributed by atoms with E-state index in [2.05, 4.69) is 23.2 Å². The lowest BCUT2D eigenvalue weighted by molar-refractivity contribution is 0.581. The zero-order valence-corrected chi connectivity index (χ0v) is 14.0. The van der Waals surface area contributed by atoms with Crippen LogP contribution in [0.25, 0.3) is 0 Å². The summed E-state index contributed by atoms with van der Waals surface area (Å²) in [4.78, 5) is 0.324. The Hall–Kier alpha value is -0.720. The zero-order valence-electron chi connectivity index (χ0n) is 12.3. The first-order valence-corrected chi connectivity index (χ1v) is 9.73. The normalized spacial score (nSPS) is 13.2. The molecular weight excluding hydrogens is 292 g/mol. The van der Waals surface area contributed by atoms with Crippen LogP contribution in [0.2, 0.25) is 0 Å². The van der Waals surface area contributed by atoms with E-state index in [1.807, 2.05) is 19.1 Å². The molecule has 0 fully saturated rings. The molecule has 6 heteroatoms. The van der Waals surface area contributed by atoms with Gasteiger partial charge in [-0.05, 0) is 43.9 Å². The summed E-state index contributed by atoms with van der Waals surface area (Å²) in [5.74, 6) is 1.05. The number of nitrogens with one attached hydrogen (secondary N) is 2.